The summed E-state index contributed by atoms with van der Waals surface area (Å²) in [5, 5.41) is 13.8. The predicted octanol–water partition coefficient (Wildman–Crippen LogP) is 1.93. The summed E-state index contributed by atoms with van der Waals surface area (Å²) in [5.74, 6) is 1.44. The number of hydrogen-bond donors (Lipinski definition) is 2. The van der Waals surface area contributed by atoms with Gasteiger partial charge in [-0.25, -0.2) is 0 Å². The number of phenolic OH excluding ortho intramolecular Hbond substituents is 1. The Kier molecular flexibility index (Phi) is 5.47. The largest absolute Gasteiger partial charge is 0.507 e. The summed E-state index contributed by atoms with van der Waals surface area (Å²) in [4.78, 5) is 2.35. The number of ether oxygens (including phenoxy) is 2. The number of hydrogen-bond acceptors (Lipinski definition) is 5. The SMILES string of the molecule is C=CC[C@@H](c1c(O)cc(OC)cc1OC)N1CCNCC1. The highest BCUT2D eigenvalue weighted by Gasteiger charge is 2.27. The standard InChI is InChI=1S/C16H24N2O3/c1-4-5-13(18-8-6-17-7-9-18)16-14(19)10-12(20-2)11-15(16)21-3/h4,10-11,13,17,19H,1,5-9H2,2-3H3/t13-/m0/s1. The van der Waals surface area contributed by atoms with E-state index in [9.17, 15) is 5.11 Å². The minimum absolute atomic E-state index is 0.0606. The fourth-order valence-corrected chi connectivity index (χ4v) is 2.81. The second-order valence-electron chi connectivity index (χ2n) is 5.09. The monoisotopic (exact) mass is 292 g/mol. The van der Waals surface area contributed by atoms with Gasteiger partial charge in [0.1, 0.15) is 17.2 Å². The number of piperazine rings is 1. The van der Waals surface area contributed by atoms with Gasteiger partial charge in [-0.1, -0.05) is 6.08 Å². The molecule has 1 aromatic rings. The van der Waals surface area contributed by atoms with Gasteiger partial charge < -0.3 is 19.9 Å². The molecule has 0 amide bonds. The molecule has 1 heterocycles. The Balaban J connectivity index is 2.40. The van der Waals surface area contributed by atoms with Crippen molar-refractivity contribution in [1.29, 1.82) is 0 Å². The molecule has 2 rings (SSSR count). The normalized spacial score (nSPS) is 17.2. The van der Waals surface area contributed by atoms with Crippen molar-refractivity contribution in [3.63, 3.8) is 0 Å². The molecule has 1 aliphatic heterocycles. The van der Waals surface area contributed by atoms with E-state index in [2.05, 4.69) is 16.8 Å². The second kappa shape index (κ2) is 7.33. The van der Waals surface area contributed by atoms with E-state index in [0.29, 0.717) is 11.5 Å². The van der Waals surface area contributed by atoms with Crippen molar-refractivity contribution in [3.05, 3.63) is 30.4 Å². The molecule has 1 aliphatic rings. The van der Waals surface area contributed by atoms with E-state index in [0.717, 1.165) is 38.2 Å². The van der Waals surface area contributed by atoms with E-state index in [-0.39, 0.29) is 11.8 Å². The molecule has 21 heavy (non-hydrogen) atoms. The fraction of sp³-hybridized carbons (Fsp3) is 0.500. The van der Waals surface area contributed by atoms with Crippen molar-refractivity contribution in [2.24, 2.45) is 0 Å². The molecule has 1 aromatic carbocycles. The Morgan fingerprint density at radius 3 is 2.62 bits per heavy atom. The van der Waals surface area contributed by atoms with Gasteiger partial charge in [-0.05, 0) is 6.42 Å². The van der Waals surface area contributed by atoms with Crippen LogP contribution in [0.3, 0.4) is 0 Å². The lowest BCUT2D eigenvalue weighted by Crippen LogP contribution is -2.45. The molecule has 0 bridgehead atoms. The first kappa shape index (κ1) is 15.7. The van der Waals surface area contributed by atoms with Crippen molar-refractivity contribution in [3.8, 4) is 17.2 Å². The van der Waals surface area contributed by atoms with Gasteiger partial charge in [0.15, 0.2) is 0 Å². The Morgan fingerprint density at radius 2 is 2.05 bits per heavy atom. The zero-order valence-electron chi connectivity index (χ0n) is 12.8. The molecule has 5 nitrogen and oxygen atoms in total. The highest BCUT2D eigenvalue weighted by molar-refractivity contribution is 5.51. The van der Waals surface area contributed by atoms with E-state index < -0.39 is 0 Å². The van der Waals surface area contributed by atoms with Crippen molar-refractivity contribution < 1.29 is 14.6 Å². The molecule has 0 saturated carbocycles. The van der Waals surface area contributed by atoms with Gasteiger partial charge in [0, 0.05) is 44.4 Å². The van der Waals surface area contributed by atoms with Crippen LogP contribution in [-0.2, 0) is 0 Å². The van der Waals surface area contributed by atoms with Crippen LogP contribution in [0.25, 0.3) is 0 Å². The fourth-order valence-electron chi connectivity index (χ4n) is 2.81. The topological polar surface area (TPSA) is 54.0 Å². The van der Waals surface area contributed by atoms with Crippen LogP contribution in [0.2, 0.25) is 0 Å². The molecule has 0 radical (unpaired) electrons. The molecule has 0 spiro atoms. The Labute approximate surface area is 126 Å². The van der Waals surface area contributed by atoms with E-state index in [1.54, 1.807) is 20.3 Å². The predicted molar refractivity (Wildman–Crippen MR) is 83.2 cm³/mol. The van der Waals surface area contributed by atoms with Crippen molar-refractivity contribution >= 4 is 0 Å². The number of nitrogens with one attached hydrogen (secondary N) is 1. The summed E-state index contributed by atoms with van der Waals surface area (Å²) in [5.41, 5.74) is 0.806. The van der Waals surface area contributed by atoms with Gasteiger partial charge >= 0.3 is 0 Å². The lowest BCUT2D eigenvalue weighted by atomic mass is 9.98. The van der Waals surface area contributed by atoms with Crippen LogP contribution in [0.15, 0.2) is 24.8 Å². The molecule has 2 N–H and O–H groups in total. The molecule has 1 saturated heterocycles. The average Bonchev–Trinajstić information content (AvgIpc) is 2.53. The minimum atomic E-state index is 0.0606. The number of rotatable bonds is 6. The third kappa shape index (κ3) is 3.49. The number of aromatic hydroxyl groups is 1. The van der Waals surface area contributed by atoms with Gasteiger partial charge in [-0.15, -0.1) is 6.58 Å². The highest BCUT2D eigenvalue weighted by atomic mass is 16.5. The quantitative estimate of drug-likeness (QED) is 0.785. The maximum absolute atomic E-state index is 10.4. The molecule has 5 heteroatoms. The lowest BCUT2D eigenvalue weighted by Gasteiger charge is -2.35. The molecule has 1 fully saturated rings. The van der Waals surface area contributed by atoms with Crippen molar-refractivity contribution in [2.45, 2.75) is 12.5 Å². The molecular formula is C16H24N2O3. The zero-order valence-corrected chi connectivity index (χ0v) is 12.8. The Hall–Kier alpha value is -1.72. The first-order valence-electron chi connectivity index (χ1n) is 7.21. The Bertz CT molecular complexity index is 485. The van der Waals surface area contributed by atoms with Crippen LogP contribution >= 0.6 is 0 Å². The van der Waals surface area contributed by atoms with Gasteiger partial charge in [-0.2, -0.15) is 0 Å². The van der Waals surface area contributed by atoms with Crippen LogP contribution < -0.4 is 14.8 Å². The summed E-state index contributed by atoms with van der Waals surface area (Å²) in [6, 6.07) is 3.51. The molecule has 116 valence electrons. The van der Waals surface area contributed by atoms with Gasteiger partial charge in [0.2, 0.25) is 0 Å². The van der Waals surface area contributed by atoms with Crippen LogP contribution in [-0.4, -0.2) is 50.4 Å². The van der Waals surface area contributed by atoms with Crippen LogP contribution in [0.4, 0.5) is 0 Å². The minimum Gasteiger partial charge on any atom is -0.507 e. The first-order valence-corrected chi connectivity index (χ1v) is 7.21. The molecule has 0 aliphatic carbocycles. The van der Waals surface area contributed by atoms with E-state index >= 15 is 0 Å². The molecule has 1 atom stereocenters. The summed E-state index contributed by atoms with van der Waals surface area (Å²) in [6.45, 7) is 7.63. The first-order chi connectivity index (χ1) is 10.2. The highest BCUT2D eigenvalue weighted by Crippen LogP contribution is 2.41. The zero-order chi connectivity index (χ0) is 15.2. The van der Waals surface area contributed by atoms with Gasteiger partial charge in [0.25, 0.3) is 0 Å². The second-order valence-corrected chi connectivity index (χ2v) is 5.09. The summed E-state index contributed by atoms with van der Waals surface area (Å²) >= 11 is 0. The maximum atomic E-state index is 10.4. The molecule has 0 aromatic heterocycles. The third-order valence-electron chi connectivity index (χ3n) is 3.86. The summed E-state index contributed by atoms with van der Waals surface area (Å²) in [6.07, 6.45) is 2.64. The molecular weight excluding hydrogens is 268 g/mol. The van der Waals surface area contributed by atoms with Gasteiger partial charge in [-0.3, -0.25) is 4.90 Å². The van der Waals surface area contributed by atoms with Crippen LogP contribution in [0.5, 0.6) is 17.2 Å². The number of nitrogens with zero attached hydrogens (tertiary/aromatic N) is 1. The lowest BCUT2D eigenvalue weighted by molar-refractivity contribution is 0.168. The Morgan fingerprint density at radius 1 is 1.33 bits per heavy atom. The number of benzene rings is 1. The van der Waals surface area contributed by atoms with E-state index in [4.69, 9.17) is 9.47 Å². The summed E-state index contributed by atoms with van der Waals surface area (Å²) in [7, 11) is 3.19. The van der Waals surface area contributed by atoms with Crippen molar-refractivity contribution in [1.82, 2.24) is 10.2 Å². The van der Waals surface area contributed by atoms with E-state index in [1.807, 2.05) is 12.1 Å². The average molecular weight is 292 g/mol. The van der Waals surface area contributed by atoms with Crippen molar-refractivity contribution in [2.75, 3.05) is 40.4 Å². The maximum Gasteiger partial charge on any atom is 0.131 e. The smallest absolute Gasteiger partial charge is 0.131 e. The number of methoxy groups -OCH3 is 2. The van der Waals surface area contributed by atoms with Gasteiger partial charge in [0.05, 0.1) is 19.8 Å². The third-order valence-corrected chi connectivity index (χ3v) is 3.86. The van der Waals surface area contributed by atoms with Crippen LogP contribution in [0, 0.1) is 0 Å². The van der Waals surface area contributed by atoms with E-state index in [1.165, 1.54) is 0 Å². The van der Waals surface area contributed by atoms with Crippen LogP contribution in [0.1, 0.15) is 18.0 Å². The summed E-state index contributed by atoms with van der Waals surface area (Å²) < 4.78 is 10.7. The molecule has 0 unspecified atom stereocenters. The number of phenols is 1.